The molecule has 0 bridgehead atoms. The molecule has 2 fully saturated rings. The van der Waals surface area contributed by atoms with Crippen LogP contribution in [0.15, 0.2) is 12.2 Å². The van der Waals surface area contributed by atoms with Crippen LogP contribution in [0.25, 0.3) is 0 Å². The molecule has 0 atom stereocenters. The average molecular weight is 210 g/mol. The summed E-state index contributed by atoms with van der Waals surface area (Å²) in [5.41, 5.74) is 0. The predicted octanol–water partition coefficient (Wildman–Crippen LogP) is 3.28. The van der Waals surface area contributed by atoms with Gasteiger partial charge in [-0.2, -0.15) is 0 Å². The van der Waals surface area contributed by atoms with E-state index >= 15 is 0 Å². The Kier molecular flexibility index (Phi) is 4.68. The number of ether oxygens (including phenoxy) is 2. The zero-order chi connectivity index (χ0) is 10.3. The highest BCUT2D eigenvalue weighted by molar-refractivity contribution is 4.89. The van der Waals surface area contributed by atoms with Crippen LogP contribution in [0, 0.1) is 5.92 Å². The van der Waals surface area contributed by atoms with Crippen molar-refractivity contribution in [3.05, 3.63) is 12.2 Å². The van der Waals surface area contributed by atoms with E-state index in [9.17, 15) is 0 Å². The van der Waals surface area contributed by atoms with Crippen molar-refractivity contribution in [1.29, 1.82) is 0 Å². The second kappa shape index (κ2) is 6.29. The fourth-order valence-corrected chi connectivity index (χ4v) is 2.42. The summed E-state index contributed by atoms with van der Waals surface area (Å²) in [4.78, 5) is 0. The molecule has 0 aromatic rings. The molecule has 1 aliphatic heterocycles. The highest BCUT2D eigenvalue weighted by atomic mass is 16.7. The van der Waals surface area contributed by atoms with Crippen molar-refractivity contribution in [2.75, 3.05) is 13.2 Å². The highest BCUT2D eigenvalue weighted by Gasteiger charge is 2.14. The van der Waals surface area contributed by atoms with Crippen molar-refractivity contribution in [2.45, 2.75) is 51.2 Å². The normalized spacial score (nSPS) is 25.3. The molecular formula is C13H22O2. The zero-order valence-corrected chi connectivity index (χ0v) is 9.49. The molecule has 1 heterocycles. The SMILES string of the molecule is C(=CC1CCCCC1)CCC1OCCO1. The second-order valence-electron chi connectivity index (χ2n) is 4.57. The van der Waals surface area contributed by atoms with Gasteiger partial charge in [-0.3, -0.25) is 0 Å². The highest BCUT2D eigenvalue weighted by Crippen LogP contribution is 2.24. The average Bonchev–Trinajstić information content (AvgIpc) is 2.79. The van der Waals surface area contributed by atoms with Crippen LogP contribution >= 0.6 is 0 Å². The van der Waals surface area contributed by atoms with Crippen LogP contribution in [0.2, 0.25) is 0 Å². The molecule has 2 rings (SSSR count). The van der Waals surface area contributed by atoms with E-state index in [4.69, 9.17) is 9.47 Å². The summed E-state index contributed by atoms with van der Waals surface area (Å²) in [5.74, 6) is 0.851. The molecule has 0 spiro atoms. The first-order valence-electron chi connectivity index (χ1n) is 6.35. The number of rotatable bonds is 4. The van der Waals surface area contributed by atoms with Gasteiger partial charge in [-0.25, -0.2) is 0 Å². The van der Waals surface area contributed by atoms with Crippen molar-refractivity contribution in [2.24, 2.45) is 5.92 Å². The van der Waals surface area contributed by atoms with E-state index in [2.05, 4.69) is 12.2 Å². The molecule has 15 heavy (non-hydrogen) atoms. The monoisotopic (exact) mass is 210 g/mol. The Morgan fingerprint density at radius 2 is 1.73 bits per heavy atom. The van der Waals surface area contributed by atoms with Crippen LogP contribution in [0.4, 0.5) is 0 Å². The summed E-state index contributed by atoms with van der Waals surface area (Å²) in [6.45, 7) is 1.55. The molecule has 1 aliphatic carbocycles. The van der Waals surface area contributed by atoms with E-state index in [0.29, 0.717) is 0 Å². The first-order valence-corrected chi connectivity index (χ1v) is 6.35. The summed E-state index contributed by atoms with van der Waals surface area (Å²) in [6, 6.07) is 0. The molecular weight excluding hydrogens is 188 g/mol. The third-order valence-electron chi connectivity index (χ3n) is 3.32. The van der Waals surface area contributed by atoms with Crippen molar-refractivity contribution >= 4 is 0 Å². The van der Waals surface area contributed by atoms with Gasteiger partial charge in [0.2, 0.25) is 0 Å². The van der Waals surface area contributed by atoms with Crippen LogP contribution in [-0.4, -0.2) is 19.5 Å². The lowest BCUT2D eigenvalue weighted by atomic mass is 9.89. The Labute approximate surface area is 92.6 Å². The molecule has 2 aliphatic rings. The molecule has 0 radical (unpaired) electrons. The maximum absolute atomic E-state index is 5.39. The Hall–Kier alpha value is -0.340. The van der Waals surface area contributed by atoms with Crippen molar-refractivity contribution < 1.29 is 9.47 Å². The van der Waals surface area contributed by atoms with E-state index in [1.807, 2.05) is 0 Å². The Morgan fingerprint density at radius 3 is 2.47 bits per heavy atom. The molecule has 0 aromatic carbocycles. The molecule has 2 nitrogen and oxygen atoms in total. The largest absolute Gasteiger partial charge is 0.350 e. The lowest BCUT2D eigenvalue weighted by Gasteiger charge is -2.17. The Morgan fingerprint density at radius 1 is 1.00 bits per heavy atom. The summed E-state index contributed by atoms with van der Waals surface area (Å²) < 4.78 is 10.8. The van der Waals surface area contributed by atoms with Gasteiger partial charge in [0.25, 0.3) is 0 Å². The third kappa shape index (κ3) is 3.96. The molecule has 0 N–H and O–H groups in total. The molecule has 0 aromatic heterocycles. The van der Waals surface area contributed by atoms with Crippen LogP contribution in [0.5, 0.6) is 0 Å². The molecule has 86 valence electrons. The summed E-state index contributed by atoms with van der Waals surface area (Å²) in [5, 5.41) is 0. The first kappa shape index (κ1) is 11.2. The smallest absolute Gasteiger partial charge is 0.158 e. The number of hydrogen-bond acceptors (Lipinski definition) is 2. The Bertz CT molecular complexity index is 189. The molecule has 0 unspecified atom stereocenters. The molecule has 0 amide bonds. The van der Waals surface area contributed by atoms with Gasteiger partial charge < -0.3 is 9.47 Å². The minimum Gasteiger partial charge on any atom is -0.350 e. The van der Waals surface area contributed by atoms with Crippen LogP contribution in [0.1, 0.15) is 44.9 Å². The molecule has 1 saturated heterocycles. The van der Waals surface area contributed by atoms with E-state index in [1.54, 1.807) is 0 Å². The zero-order valence-electron chi connectivity index (χ0n) is 9.49. The van der Waals surface area contributed by atoms with E-state index in [1.165, 1.54) is 32.1 Å². The summed E-state index contributed by atoms with van der Waals surface area (Å²) in [7, 11) is 0. The maximum Gasteiger partial charge on any atom is 0.158 e. The lowest BCUT2D eigenvalue weighted by molar-refractivity contribution is -0.0457. The van der Waals surface area contributed by atoms with Crippen LogP contribution < -0.4 is 0 Å². The van der Waals surface area contributed by atoms with Gasteiger partial charge in [0.15, 0.2) is 6.29 Å². The molecule has 1 saturated carbocycles. The van der Waals surface area contributed by atoms with Crippen molar-refractivity contribution in [3.8, 4) is 0 Å². The van der Waals surface area contributed by atoms with Crippen LogP contribution in [0.3, 0.4) is 0 Å². The minimum absolute atomic E-state index is 0.0704. The third-order valence-corrected chi connectivity index (χ3v) is 3.32. The van der Waals surface area contributed by atoms with Crippen LogP contribution in [-0.2, 0) is 9.47 Å². The number of hydrogen-bond donors (Lipinski definition) is 0. The van der Waals surface area contributed by atoms with Crippen molar-refractivity contribution in [1.82, 2.24) is 0 Å². The van der Waals surface area contributed by atoms with E-state index in [0.717, 1.165) is 32.0 Å². The quantitative estimate of drug-likeness (QED) is 0.663. The Balaban J connectivity index is 1.57. The summed E-state index contributed by atoms with van der Waals surface area (Å²) in [6.07, 6.45) is 14.0. The van der Waals surface area contributed by atoms with Gasteiger partial charge in [0, 0.05) is 6.42 Å². The first-order chi connectivity index (χ1) is 7.45. The van der Waals surface area contributed by atoms with Crippen molar-refractivity contribution in [3.63, 3.8) is 0 Å². The van der Waals surface area contributed by atoms with Gasteiger partial charge >= 0.3 is 0 Å². The standard InChI is InChI=1S/C13H22O2/c1-2-6-12(7-3-1)8-4-5-9-13-14-10-11-15-13/h4,8,12-13H,1-3,5-7,9-11H2. The summed E-state index contributed by atoms with van der Waals surface area (Å²) >= 11 is 0. The van der Waals surface area contributed by atoms with E-state index < -0.39 is 0 Å². The fourth-order valence-electron chi connectivity index (χ4n) is 2.42. The van der Waals surface area contributed by atoms with Gasteiger partial charge in [0.1, 0.15) is 0 Å². The van der Waals surface area contributed by atoms with E-state index in [-0.39, 0.29) is 6.29 Å². The predicted molar refractivity (Wildman–Crippen MR) is 60.6 cm³/mol. The minimum atomic E-state index is 0.0704. The molecule has 2 heteroatoms. The number of allylic oxidation sites excluding steroid dienone is 2. The second-order valence-corrected chi connectivity index (χ2v) is 4.57. The van der Waals surface area contributed by atoms with Gasteiger partial charge in [-0.15, -0.1) is 0 Å². The lowest BCUT2D eigenvalue weighted by Crippen LogP contribution is -2.06. The maximum atomic E-state index is 5.39. The van der Waals surface area contributed by atoms with Gasteiger partial charge in [-0.05, 0) is 25.2 Å². The van der Waals surface area contributed by atoms with Gasteiger partial charge in [0.05, 0.1) is 13.2 Å². The fraction of sp³-hybridized carbons (Fsp3) is 0.846. The topological polar surface area (TPSA) is 18.5 Å². The van der Waals surface area contributed by atoms with Gasteiger partial charge in [-0.1, -0.05) is 31.4 Å².